The van der Waals surface area contributed by atoms with E-state index in [4.69, 9.17) is 4.42 Å². The maximum atomic E-state index is 12.5. The molecule has 24 heavy (non-hydrogen) atoms. The molecule has 7 heteroatoms. The highest BCUT2D eigenvalue weighted by Crippen LogP contribution is 2.29. The van der Waals surface area contributed by atoms with Crippen molar-refractivity contribution in [3.8, 4) is 0 Å². The largest absolute Gasteiger partial charge is 0.459 e. The van der Waals surface area contributed by atoms with E-state index in [1.165, 1.54) is 17.6 Å². The molecule has 1 aliphatic rings. The van der Waals surface area contributed by atoms with Crippen LogP contribution in [0.15, 0.2) is 22.8 Å². The number of rotatable bonds is 5. The number of aromatic nitrogens is 1. The van der Waals surface area contributed by atoms with E-state index < -0.39 is 0 Å². The smallest absolute Gasteiger partial charge is 0.293 e. The third kappa shape index (κ3) is 3.36. The van der Waals surface area contributed by atoms with Crippen LogP contribution >= 0.6 is 11.3 Å². The van der Waals surface area contributed by atoms with Crippen molar-refractivity contribution in [3.63, 3.8) is 0 Å². The van der Waals surface area contributed by atoms with Crippen LogP contribution < -0.4 is 5.32 Å². The Balaban J connectivity index is 1.68. The van der Waals surface area contributed by atoms with Crippen molar-refractivity contribution in [1.29, 1.82) is 0 Å². The fraction of sp³-hybridized carbons (Fsp3) is 0.471. The average Bonchev–Trinajstić information content (AvgIpc) is 3.24. The lowest BCUT2D eigenvalue weighted by Gasteiger charge is -2.29. The Hall–Kier alpha value is -2.15. The van der Waals surface area contributed by atoms with Gasteiger partial charge in [-0.25, -0.2) is 4.98 Å². The summed E-state index contributed by atoms with van der Waals surface area (Å²) in [5, 5.41) is 3.32. The van der Waals surface area contributed by atoms with Crippen LogP contribution in [0.5, 0.6) is 0 Å². The van der Waals surface area contributed by atoms with Gasteiger partial charge in [0, 0.05) is 23.8 Å². The molecule has 6 nitrogen and oxygen atoms in total. The summed E-state index contributed by atoms with van der Waals surface area (Å²) in [6.07, 6.45) is 3.93. The zero-order valence-electron chi connectivity index (χ0n) is 13.9. The normalized spacial score (nSPS) is 13.9. The number of anilines is 1. The highest BCUT2D eigenvalue weighted by atomic mass is 32.1. The van der Waals surface area contributed by atoms with Crippen LogP contribution in [-0.4, -0.2) is 28.2 Å². The third-order valence-electron chi connectivity index (χ3n) is 4.34. The molecule has 0 bridgehead atoms. The Morgan fingerprint density at radius 1 is 1.42 bits per heavy atom. The Morgan fingerprint density at radius 2 is 2.21 bits per heavy atom. The maximum Gasteiger partial charge on any atom is 0.293 e. The van der Waals surface area contributed by atoms with Crippen LogP contribution in [0.2, 0.25) is 0 Å². The zero-order chi connectivity index (χ0) is 17.1. The number of carbonyl (C=O) groups is 2. The lowest BCUT2D eigenvalue weighted by Crippen LogP contribution is -2.39. The molecular weight excluding hydrogens is 326 g/mol. The van der Waals surface area contributed by atoms with Gasteiger partial charge >= 0.3 is 0 Å². The summed E-state index contributed by atoms with van der Waals surface area (Å²) >= 11 is 1.43. The summed E-state index contributed by atoms with van der Waals surface area (Å²) in [4.78, 5) is 32.0. The molecule has 0 aromatic carbocycles. The first kappa shape index (κ1) is 16.7. The lowest BCUT2D eigenvalue weighted by molar-refractivity contribution is -0.136. The molecule has 0 saturated carbocycles. The summed E-state index contributed by atoms with van der Waals surface area (Å²) in [5.74, 6) is 0.266. The Morgan fingerprint density at radius 3 is 2.88 bits per heavy atom. The van der Waals surface area contributed by atoms with E-state index in [1.807, 2.05) is 4.90 Å². The van der Waals surface area contributed by atoms with Crippen LogP contribution in [0, 0.1) is 5.92 Å². The predicted molar refractivity (Wildman–Crippen MR) is 92.0 cm³/mol. The topological polar surface area (TPSA) is 75.4 Å². The minimum Gasteiger partial charge on any atom is -0.459 e. The minimum absolute atomic E-state index is 0.0950. The number of thiazole rings is 1. The summed E-state index contributed by atoms with van der Waals surface area (Å²) < 4.78 is 5.08. The van der Waals surface area contributed by atoms with Gasteiger partial charge in [-0.15, -0.1) is 0 Å². The number of amides is 2. The molecule has 0 fully saturated rings. The summed E-state index contributed by atoms with van der Waals surface area (Å²) in [7, 11) is 0. The van der Waals surface area contributed by atoms with E-state index in [0.717, 1.165) is 29.8 Å². The fourth-order valence-electron chi connectivity index (χ4n) is 2.90. The molecule has 3 heterocycles. The Labute approximate surface area is 144 Å². The van der Waals surface area contributed by atoms with Gasteiger partial charge in [0.2, 0.25) is 5.91 Å². The molecule has 2 aromatic heterocycles. The van der Waals surface area contributed by atoms with E-state index in [-0.39, 0.29) is 23.5 Å². The number of nitrogens with zero attached hydrogens (tertiary/aromatic N) is 2. The standard InChI is InChI=1S/C17H21N3O3S/c1-3-11(4-2)16(22)20-8-7-12-14(10-20)24-17(18-12)19-15(21)13-6-5-9-23-13/h5-6,9,11H,3-4,7-8,10H2,1-2H3,(H,18,19,21). The number of furan rings is 1. The summed E-state index contributed by atoms with van der Waals surface area (Å²) in [5.41, 5.74) is 0.975. The predicted octanol–water partition coefficient (Wildman–Crippen LogP) is 3.31. The van der Waals surface area contributed by atoms with Crippen molar-refractivity contribution < 1.29 is 14.0 Å². The average molecular weight is 347 g/mol. The van der Waals surface area contributed by atoms with Crippen LogP contribution in [0.1, 0.15) is 47.8 Å². The van der Waals surface area contributed by atoms with Gasteiger partial charge in [0.1, 0.15) is 0 Å². The number of hydrogen-bond donors (Lipinski definition) is 1. The quantitative estimate of drug-likeness (QED) is 0.900. The monoisotopic (exact) mass is 347 g/mol. The lowest BCUT2D eigenvalue weighted by atomic mass is 10.0. The SMILES string of the molecule is CCC(CC)C(=O)N1CCc2nc(NC(=O)c3ccco3)sc2C1. The van der Waals surface area contributed by atoms with E-state index in [2.05, 4.69) is 24.1 Å². The fourth-order valence-corrected chi connectivity index (χ4v) is 3.92. The van der Waals surface area contributed by atoms with Gasteiger partial charge in [-0.3, -0.25) is 14.9 Å². The summed E-state index contributed by atoms with van der Waals surface area (Å²) in [6, 6.07) is 3.28. The van der Waals surface area contributed by atoms with Crippen LogP contribution in [0.25, 0.3) is 0 Å². The van der Waals surface area contributed by atoms with Gasteiger partial charge in [-0.2, -0.15) is 0 Å². The van der Waals surface area contributed by atoms with Gasteiger partial charge in [-0.1, -0.05) is 25.2 Å². The molecule has 0 saturated heterocycles. The first-order valence-corrected chi connectivity index (χ1v) is 9.06. The molecule has 3 rings (SSSR count). The van der Waals surface area contributed by atoms with E-state index in [0.29, 0.717) is 18.2 Å². The van der Waals surface area contributed by atoms with Crippen molar-refractivity contribution in [3.05, 3.63) is 34.7 Å². The molecule has 2 aromatic rings. The molecule has 0 radical (unpaired) electrons. The molecule has 2 amide bonds. The van der Waals surface area contributed by atoms with Gasteiger partial charge < -0.3 is 9.32 Å². The number of hydrogen-bond acceptors (Lipinski definition) is 5. The molecular formula is C17H21N3O3S. The highest BCUT2D eigenvalue weighted by molar-refractivity contribution is 7.15. The van der Waals surface area contributed by atoms with E-state index in [1.54, 1.807) is 12.1 Å². The van der Waals surface area contributed by atoms with E-state index >= 15 is 0 Å². The number of nitrogens with one attached hydrogen (secondary N) is 1. The molecule has 0 aliphatic carbocycles. The van der Waals surface area contributed by atoms with Crippen LogP contribution in [0.4, 0.5) is 5.13 Å². The molecule has 1 N–H and O–H groups in total. The first-order chi connectivity index (χ1) is 11.6. The molecule has 0 spiro atoms. The van der Waals surface area contributed by atoms with Gasteiger partial charge in [-0.05, 0) is 25.0 Å². The Kier molecular flexibility index (Phi) is 4.99. The Bertz CT molecular complexity index is 720. The summed E-state index contributed by atoms with van der Waals surface area (Å²) in [6.45, 7) is 5.38. The van der Waals surface area contributed by atoms with Crippen molar-refractivity contribution in [1.82, 2.24) is 9.88 Å². The van der Waals surface area contributed by atoms with Gasteiger partial charge in [0.15, 0.2) is 10.9 Å². The first-order valence-electron chi connectivity index (χ1n) is 8.24. The highest BCUT2D eigenvalue weighted by Gasteiger charge is 2.27. The van der Waals surface area contributed by atoms with Gasteiger partial charge in [0.05, 0.1) is 18.5 Å². The van der Waals surface area contributed by atoms with Crippen LogP contribution in [0.3, 0.4) is 0 Å². The second kappa shape index (κ2) is 7.17. The zero-order valence-corrected chi connectivity index (χ0v) is 14.7. The van der Waals surface area contributed by atoms with Crippen molar-refractivity contribution in [2.45, 2.75) is 39.7 Å². The van der Waals surface area contributed by atoms with Gasteiger partial charge in [0.25, 0.3) is 5.91 Å². The minimum atomic E-state index is -0.309. The molecule has 1 aliphatic heterocycles. The maximum absolute atomic E-state index is 12.5. The molecule has 0 atom stereocenters. The van der Waals surface area contributed by atoms with Crippen molar-refractivity contribution in [2.75, 3.05) is 11.9 Å². The number of fused-ring (bicyclic) bond motifs is 1. The molecule has 128 valence electrons. The number of carbonyl (C=O) groups excluding carboxylic acids is 2. The second-order valence-electron chi connectivity index (χ2n) is 5.84. The van der Waals surface area contributed by atoms with Crippen molar-refractivity contribution >= 4 is 28.3 Å². The third-order valence-corrected chi connectivity index (χ3v) is 5.34. The van der Waals surface area contributed by atoms with E-state index in [9.17, 15) is 9.59 Å². The molecule has 0 unspecified atom stereocenters. The van der Waals surface area contributed by atoms with Crippen LogP contribution in [-0.2, 0) is 17.8 Å². The second-order valence-corrected chi connectivity index (χ2v) is 6.93. The van der Waals surface area contributed by atoms with Crippen molar-refractivity contribution in [2.24, 2.45) is 5.92 Å².